The van der Waals surface area contributed by atoms with Crippen molar-refractivity contribution < 1.29 is 32.3 Å². The van der Waals surface area contributed by atoms with Crippen molar-refractivity contribution in [3.05, 3.63) is 53.1 Å². The molecule has 1 aromatic carbocycles. The van der Waals surface area contributed by atoms with Gasteiger partial charge in [-0.1, -0.05) is 0 Å². The standard InChI is InChI=1S/C20H14F4N4O3S/c1-19(2)17(31)27(11-5-13(20(22,23)24)15(7-25)26-8-11)18(32)28(19)10-3-4-12(14(21)6-10)16(30)9-29/h3-6,8,29H,9H2,1-2H3. The van der Waals surface area contributed by atoms with E-state index in [2.05, 4.69) is 4.98 Å². The third-order valence-electron chi connectivity index (χ3n) is 4.87. The van der Waals surface area contributed by atoms with Crippen LogP contribution in [-0.4, -0.2) is 39.0 Å². The highest BCUT2D eigenvalue weighted by Crippen LogP contribution is 2.39. The van der Waals surface area contributed by atoms with Gasteiger partial charge in [0.25, 0.3) is 5.91 Å². The summed E-state index contributed by atoms with van der Waals surface area (Å²) in [5.74, 6) is -2.53. The van der Waals surface area contributed by atoms with Crippen LogP contribution >= 0.6 is 12.2 Å². The van der Waals surface area contributed by atoms with Gasteiger partial charge in [0.15, 0.2) is 16.6 Å². The van der Waals surface area contributed by atoms with Crippen molar-refractivity contribution in [3.63, 3.8) is 0 Å². The lowest BCUT2D eigenvalue weighted by molar-refractivity contribution is -0.138. The molecule has 0 bridgehead atoms. The number of Topliss-reactive ketones (excluding diaryl/α,β-unsaturated/α-hetero) is 1. The predicted molar refractivity (Wildman–Crippen MR) is 108 cm³/mol. The van der Waals surface area contributed by atoms with Gasteiger partial charge in [-0.25, -0.2) is 9.37 Å². The Kier molecular flexibility index (Phi) is 5.75. The van der Waals surface area contributed by atoms with E-state index in [0.717, 1.165) is 23.2 Å². The summed E-state index contributed by atoms with van der Waals surface area (Å²) in [4.78, 5) is 30.2. The van der Waals surface area contributed by atoms with E-state index in [9.17, 15) is 27.2 Å². The molecule has 3 rings (SSSR count). The normalized spacial score (nSPS) is 15.8. The Balaban J connectivity index is 2.10. The van der Waals surface area contributed by atoms with Crippen LogP contribution in [0.3, 0.4) is 0 Å². The van der Waals surface area contributed by atoms with Crippen molar-refractivity contribution in [2.24, 2.45) is 0 Å². The van der Waals surface area contributed by atoms with E-state index < -0.39 is 47.1 Å². The molecule has 0 unspecified atom stereocenters. The molecule has 1 N–H and O–H groups in total. The van der Waals surface area contributed by atoms with Crippen molar-refractivity contribution in [2.45, 2.75) is 25.6 Å². The Bertz CT molecular complexity index is 1190. The molecule has 0 saturated carbocycles. The molecular formula is C20H14F4N4O3S. The number of carbonyl (C=O) groups is 2. The highest BCUT2D eigenvalue weighted by molar-refractivity contribution is 7.81. The van der Waals surface area contributed by atoms with Crippen LogP contribution < -0.4 is 9.80 Å². The van der Waals surface area contributed by atoms with Crippen LogP contribution in [0.25, 0.3) is 0 Å². The van der Waals surface area contributed by atoms with Gasteiger partial charge in [0.05, 0.1) is 23.0 Å². The van der Waals surface area contributed by atoms with Gasteiger partial charge >= 0.3 is 6.18 Å². The first-order valence-electron chi connectivity index (χ1n) is 8.94. The fraction of sp³-hybridized carbons (Fsp3) is 0.250. The number of nitrogens with zero attached hydrogens (tertiary/aromatic N) is 4. The number of anilines is 2. The Labute approximate surface area is 184 Å². The number of aromatic nitrogens is 1. The summed E-state index contributed by atoms with van der Waals surface area (Å²) >= 11 is 5.33. The van der Waals surface area contributed by atoms with Crippen LogP contribution in [0.4, 0.5) is 28.9 Å². The molecule has 2 aromatic rings. The zero-order chi connectivity index (χ0) is 24.0. The average Bonchev–Trinajstić information content (AvgIpc) is 2.90. The SMILES string of the molecule is CC1(C)C(=O)N(c2cnc(C#N)c(C(F)(F)F)c2)C(=S)N1c1ccc(C(=O)CO)c(F)c1. The van der Waals surface area contributed by atoms with E-state index in [0.29, 0.717) is 6.07 Å². The maximum Gasteiger partial charge on any atom is 0.419 e. The zero-order valence-electron chi connectivity index (χ0n) is 16.6. The molecule has 0 aliphatic carbocycles. The van der Waals surface area contributed by atoms with Crippen molar-refractivity contribution in [1.29, 1.82) is 5.26 Å². The van der Waals surface area contributed by atoms with Crippen LogP contribution in [-0.2, 0) is 11.0 Å². The number of hydrogen-bond donors (Lipinski definition) is 1. The third-order valence-corrected chi connectivity index (χ3v) is 5.23. The van der Waals surface area contributed by atoms with E-state index in [-0.39, 0.29) is 22.1 Å². The summed E-state index contributed by atoms with van der Waals surface area (Å²) in [6.07, 6.45) is -3.98. The van der Waals surface area contributed by atoms with Gasteiger partial charge in [0, 0.05) is 5.69 Å². The molecule has 7 nitrogen and oxygen atoms in total. The molecule has 1 fully saturated rings. The first kappa shape index (κ1) is 23.2. The summed E-state index contributed by atoms with van der Waals surface area (Å²) in [5, 5.41) is 17.6. The lowest BCUT2D eigenvalue weighted by Crippen LogP contribution is -2.44. The second-order valence-corrected chi connectivity index (χ2v) is 7.63. The fourth-order valence-corrected chi connectivity index (χ4v) is 3.81. The second-order valence-electron chi connectivity index (χ2n) is 7.26. The highest BCUT2D eigenvalue weighted by Gasteiger charge is 2.51. The van der Waals surface area contributed by atoms with Crippen LogP contribution in [0, 0.1) is 17.1 Å². The molecule has 1 aromatic heterocycles. The molecule has 1 aliphatic heterocycles. The van der Waals surface area contributed by atoms with Gasteiger partial charge < -0.3 is 10.0 Å². The van der Waals surface area contributed by atoms with Gasteiger partial charge in [-0.15, -0.1) is 0 Å². The van der Waals surface area contributed by atoms with Crippen molar-refractivity contribution in [2.75, 3.05) is 16.4 Å². The molecule has 32 heavy (non-hydrogen) atoms. The number of ketones is 1. The number of carbonyl (C=O) groups excluding carboxylic acids is 2. The molecular weight excluding hydrogens is 452 g/mol. The molecule has 12 heteroatoms. The number of amides is 1. The zero-order valence-corrected chi connectivity index (χ0v) is 17.4. The smallest absolute Gasteiger partial charge is 0.388 e. The number of aliphatic hydroxyl groups excluding tert-OH is 1. The van der Waals surface area contributed by atoms with Crippen LogP contribution in [0.2, 0.25) is 0 Å². The molecule has 1 saturated heterocycles. The van der Waals surface area contributed by atoms with Crippen molar-refractivity contribution in [1.82, 2.24) is 4.98 Å². The summed E-state index contributed by atoms with van der Waals surface area (Å²) < 4.78 is 54.5. The number of rotatable bonds is 4. The maximum atomic E-state index is 14.4. The van der Waals surface area contributed by atoms with Gasteiger partial charge in [-0.05, 0) is 50.3 Å². The van der Waals surface area contributed by atoms with Crippen molar-refractivity contribution in [3.8, 4) is 6.07 Å². The predicted octanol–water partition coefficient (Wildman–Crippen LogP) is 3.20. The minimum Gasteiger partial charge on any atom is -0.388 e. The quantitative estimate of drug-likeness (QED) is 0.420. The number of nitriles is 1. The van der Waals surface area contributed by atoms with E-state index in [1.54, 1.807) is 0 Å². The average molecular weight is 466 g/mol. The van der Waals surface area contributed by atoms with Gasteiger partial charge in [-0.3, -0.25) is 14.5 Å². The van der Waals surface area contributed by atoms with E-state index >= 15 is 0 Å². The summed E-state index contributed by atoms with van der Waals surface area (Å²) in [6, 6.07) is 5.30. The molecule has 2 heterocycles. The Morgan fingerprint density at radius 1 is 1.28 bits per heavy atom. The number of aliphatic hydroxyl groups is 1. The van der Waals surface area contributed by atoms with Gasteiger partial charge in [0.2, 0.25) is 0 Å². The summed E-state index contributed by atoms with van der Waals surface area (Å²) in [5.41, 5.74) is -4.23. The van der Waals surface area contributed by atoms with E-state index in [4.69, 9.17) is 22.6 Å². The largest absolute Gasteiger partial charge is 0.419 e. The first-order valence-corrected chi connectivity index (χ1v) is 9.35. The Morgan fingerprint density at radius 3 is 2.47 bits per heavy atom. The fourth-order valence-electron chi connectivity index (χ4n) is 3.29. The molecule has 1 amide bonds. The van der Waals surface area contributed by atoms with E-state index in [1.807, 2.05) is 0 Å². The molecule has 0 radical (unpaired) electrons. The summed E-state index contributed by atoms with van der Waals surface area (Å²) in [7, 11) is 0. The number of thiocarbonyl (C=S) groups is 1. The number of hydrogen-bond acceptors (Lipinski definition) is 6. The number of alkyl halides is 3. The first-order chi connectivity index (χ1) is 14.8. The van der Waals surface area contributed by atoms with Gasteiger partial charge in [0.1, 0.15) is 24.0 Å². The molecule has 0 spiro atoms. The Morgan fingerprint density at radius 2 is 1.94 bits per heavy atom. The molecule has 166 valence electrons. The van der Waals surface area contributed by atoms with Crippen LogP contribution in [0.1, 0.15) is 35.5 Å². The molecule has 1 aliphatic rings. The monoisotopic (exact) mass is 466 g/mol. The van der Waals surface area contributed by atoms with E-state index in [1.165, 1.54) is 30.9 Å². The number of halogens is 4. The highest BCUT2D eigenvalue weighted by atomic mass is 32.1. The lowest BCUT2D eigenvalue weighted by Gasteiger charge is -2.29. The molecule has 0 atom stereocenters. The number of benzene rings is 1. The summed E-state index contributed by atoms with van der Waals surface area (Å²) in [6.45, 7) is 1.98. The van der Waals surface area contributed by atoms with Crippen molar-refractivity contribution >= 4 is 40.4 Å². The third kappa shape index (κ3) is 3.69. The van der Waals surface area contributed by atoms with Crippen LogP contribution in [0.15, 0.2) is 30.5 Å². The lowest BCUT2D eigenvalue weighted by atomic mass is 10.0. The minimum atomic E-state index is -4.90. The van der Waals surface area contributed by atoms with Gasteiger partial charge in [-0.2, -0.15) is 18.4 Å². The maximum absolute atomic E-state index is 14.4. The Hall–Kier alpha value is -3.43. The topological polar surface area (TPSA) is 97.5 Å². The number of pyridine rings is 1. The second kappa shape index (κ2) is 7.92. The van der Waals surface area contributed by atoms with Crippen LogP contribution in [0.5, 0.6) is 0 Å². The minimum absolute atomic E-state index is 0.0699.